The maximum absolute atomic E-state index is 13.9. The molecule has 0 fully saturated rings. The van der Waals surface area contributed by atoms with Crippen LogP contribution in [0.15, 0.2) is 78.4 Å². The third-order valence-electron chi connectivity index (χ3n) is 4.97. The van der Waals surface area contributed by atoms with Crippen LogP contribution in [0.2, 0.25) is 0 Å². The third kappa shape index (κ3) is 6.29. The molecule has 31 heavy (non-hydrogen) atoms. The number of ether oxygens (including phenoxy) is 1. The predicted molar refractivity (Wildman–Crippen MR) is 121 cm³/mol. The van der Waals surface area contributed by atoms with E-state index >= 15 is 0 Å². The molecule has 4 heteroatoms. The number of aryl methyl sites for hydroxylation is 1. The van der Waals surface area contributed by atoms with E-state index < -0.39 is 11.6 Å². The SMILES string of the molecule is C/C(=C/C=C(\C)c1cc(O)ccc1OCc1ccc(F)cc1F)Cc1cccc(C)c1. The average molecular weight is 420 g/mol. The highest BCUT2D eigenvalue weighted by Crippen LogP contribution is 2.31. The lowest BCUT2D eigenvalue weighted by Crippen LogP contribution is -2.01. The molecule has 0 radical (unpaired) electrons. The van der Waals surface area contributed by atoms with Crippen molar-refractivity contribution >= 4 is 5.57 Å². The highest BCUT2D eigenvalue weighted by molar-refractivity contribution is 5.71. The van der Waals surface area contributed by atoms with E-state index in [0.29, 0.717) is 11.3 Å². The molecule has 3 aromatic carbocycles. The fourth-order valence-electron chi connectivity index (χ4n) is 3.31. The first kappa shape index (κ1) is 22.3. The van der Waals surface area contributed by atoms with Crippen molar-refractivity contribution in [2.75, 3.05) is 0 Å². The van der Waals surface area contributed by atoms with E-state index in [1.165, 1.54) is 34.9 Å². The lowest BCUT2D eigenvalue weighted by molar-refractivity contribution is 0.298. The number of halogens is 2. The van der Waals surface area contributed by atoms with Gasteiger partial charge in [0.15, 0.2) is 0 Å². The van der Waals surface area contributed by atoms with Crippen molar-refractivity contribution in [3.63, 3.8) is 0 Å². The van der Waals surface area contributed by atoms with Crippen LogP contribution in [0.1, 0.15) is 36.1 Å². The predicted octanol–water partition coefficient (Wildman–Crippen LogP) is 7.15. The summed E-state index contributed by atoms with van der Waals surface area (Å²) in [5.74, 6) is -0.649. The van der Waals surface area contributed by atoms with E-state index in [1.807, 2.05) is 19.1 Å². The highest BCUT2D eigenvalue weighted by Gasteiger charge is 2.10. The number of phenolic OH excluding ortho intramolecular Hbond substituents is 1. The Balaban J connectivity index is 1.78. The third-order valence-corrected chi connectivity index (χ3v) is 4.97. The molecule has 0 atom stereocenters. The van der Waals surface area contributed by atoms with Crippen LogP contribution in [0.3, 0.4) is 0 Å². The van der Waals surface area contributed by atoms with Crippen LogP contribution in [0.5, 0.6) is 11.5 Å². The van der Waals surface area contributed by atoms with Crippen molar-refractivity contribution in [1.29, 1.82) is 0 Å². The molecule has 3 aromatic rings. The first-order chi connectivity index (χ1) is 14.8. The molecular weight excluding hydrogens is 394 g/mol. The monoisotopic (exact) mass is 420 g/mol. The molecule has 3 rings (SSSR count). The summed E-state index contributed by atoms with van der Waals surface area (Å²) >= 11 is 0. The van der Waals surface area contributed by atoms with Gasteiger partial charge in [-0.2, -0.15) is 0 Å². The first-order valence-corrected chi connectivity index (χ1v) is 10.1. The van der Waals surface area contributed by atoms with Gasteiger partial charge in [-0.3, -0.25) is 0 Å². The van der Waals surface area contributed by atoms with Gasteiger partial charge in [0.25, 0.3) is 0 Å². The lowest BCUT2D eigenvalue weighted by atomic mass is 10.0. The Hall–Kier alpha value is -3.40. The van der Waals surface area contributed by atoms with Crippen LogP contribution in [0.25, 0.3) is 5.57 Å². The van der Waals surface area contributed by atoms with Crippen LogP contribution in [-0.2, 0) is 13.0 Å². The van der Waals surface area contributed by atoms with E-state index in [4.69, 9.17) is 4.74 Å². The second-order valence-corrected chi connectivity index (χ2v) is 7.73. The minimum Gasteiger partial charge on any atom is -0.508 e. The van der Waals surface area contributed by atoms with Crippen molar-refractivity contribution in [3.8, 4) is 11.5 Å². The topological polar surface area (TPSA) is 29.5 Å². The number of phenols is 1. The van der Waals surface area contributed by atoms with Gasteiger partial charge in [0.05, 0.1) is 0 Å². The second-order valence-electron chi connectivity index (χ2n) is 7.73. The van der Waals surface area contributed by atoms with Gasteiger partial charge in [-0.15, -0.1) is 0 Å². The maximum Gasteiger partial charge on any atom is 0.132 e. The van der Waals surface area contributed by atoms with Gasteiger partial charge in [-0.05, 0) is 68.7 Å². The molecule has 1 N–H and O–H groups in total. The molecule has 0 aliphatic carbocycles. The summed E-state index contributed by atoms with van der Waals surface area (Å²) < 4.78 is 32.8. The number of aromatic hydroxyl groups is 1. The van der Waals surface area contributed by atoms with Gasteiger partial charge in [0.1, 0.15) is 29.7 Å². The zero-order valence-electron chi connectivity index (χ0n) is 18.0. The fraction of sp³-hybridized carbons (Fsp3) is 0.185. The molecule has 0 aromatic heterocycles. The summed E-state index contributed by atoms with van der Waals surface area (Å²) in [6.45, 7) is 6.03. The van der Waals surface area contributed by atoms with Crippen molar-refractivity contribution in [2.24, 2.45) is 0 Å². The highest BCUT2D eigenvalue weighted by atomic mass is 19.1. The fourth-order valence-corrected chi connectivity index (χ4v) is 3.31. The molecule has 0 aliphatic heterocycles. The molecule has 0 aliphatic rings. The molecule has 2 nitrogen and oxygen atoms in total. The number of rotatable bonds is 7. The maximum atomic E-state index is 13.9. The molecule has 0 bridgehead atoms. The Morgan fingerprint density at radius 2 is 1.77 bits per heavy atom. The summed E-state index contributed by atoms with van der Waals surface area (Å²) in [7, 11) is 0. The summed E-state index contributed by atoms with van der Waals surface area (Å²) in [6.07, 6.45) is 4.87. The number of hydrogen-bond donors (Lipinski definition) is 1. The Morgan fingerprint density at radius 1 is 0.968 bits per heavy atom. The molecule has 0 heterocycles. The van der Waals surface area contributed by atoms with Crippen molar-refractivity contribution in [2.45, 2.75) is 33.8 Å². The summed E-state index contributed by atoms with van der Waals surface area (Å²) in [4.78, 5) is 0. The van der Waals surface area contributed by atoms with Gasteiger partial charge >= 0.3 is 0 Å². The van der Waals surface area contributed by atoms with E-state index in [9.17, 15) is 13.9 Å². The number of hydrogen-bond acceptors (Lipinski definition) is 2. The van der Waals surface area contributed by atoms with E-state index in [0.717, 1.165) is 18.1 Å². The molecule has 0 unspecified atom stereocenters. The summed E-state index contributed by atoms with van der Waals surface area (Å²) in [5, 5.41) is 9.94. The number of benzene rings is 3. The van der Waals surface area contributed by atoms with Gasteiger partial charge in [0, 0.05) is 17.2 Å². The van der Waals surface area contributed by atoms with E-state index in [1.54, 1.807) is 12.1 Å². The first-order valence-electron chi connectivity index (χ1n) is 10.1. The summed E-state index contributed by atoms with van der Waals surface area (Å²) in [5.41, 5.74) is 5.55. The lowest BCUT2D eigenvalue weighted by Gasteiger charge is -2.13. The van der Waals surface area contributed by atoms with Gasteiger partial charge in [-0.1, -0.05) is 47.6 Å². The quantitative estimate of drug-likeness (QED) is 0.411. The minimum absolute atomic E-state index is 0.0423. The van der Waals surface area contributed by atoms with Crippen LogP contribution in [0.4, 0.5) is 8.78 Å². The molecule has 0 saturated carbocycles. The van der Waals surface area contributed by atoms with Crippen LogP contribution < -0.4 is 4.74 Å². The smallest absolute Gasteiger partial charge is 0.132 e. The van der Waals surface area contributed by atoms with Crippen LogP contribution >= 0.6 is 0 Å². The van der Waals surface area contributed by atoms with Crippen molar-refractivity contribution < 1.29 is 18.6 Å². The van der Waals surface area contributed by atoms with Crippen molar-refractivity contribution in [3.05, 3.63) is 112 Å². The Bertz CT molecular complexity index is 1130. The van der Waals surface area contributed by atoms with Gasteiger partial charge < -0.3 is 9.84 Å². The standard InChI is InChI=1S/C27H26F2O2/c1-18-5-4-6-21(13-18)14-19(2)7-8-20(3)25-16-24(30)11-12-27(25)31-17-22-9-10-23(28)15-26(22)29/h4-13,15-16,30H,14,17H2,1-3H3/b19-7-,20-8+. The summed E-state index contributed by atoms with van der Waals surface area (Å²) in [6, 6.07) is 16.6. The Morgan fingerprint density at radius 3 is 2.52 bits per heavy atom. The van der Waals surface area contributed by atoms with E-state index in [2.05, 4.69) is 38.1 Å². The molecule has 0 spiro atoms. The molecule has 0 amide bonds. The largest absolute Gasteiger partial charge is 0.508 e. The molecule has 160 valence electrons. The zero-order chi connectivity index (χ0) is 22.4. The van der Waals surface area contributed by atoms with E-state index in [-0.39, 0.29) is 17.9 Å². The van der Waals surface area contributed by atoms with Gasteiger partial charge in [-0.25, -0.2) is 8.78 Å². The number of allylic oxidation sites excluding steroid dienone is 4. The van der Waals surface area contributed by atoms with Gasteiger partial charge in [0.2, 0.25) is 0 Å². The molecular formula is C27H26F2O2. The molecule has 0 saturated heterocycles. The Kier molecular flexibility index (Phi) is 7.24. The Labute approximate surface area is 182 Å². The average Bonchev–Trinajstić information content (AvgIpc) is 2.72. The van der Waals surface area contributed by atoms with Crippen LogP contribution in [-0.4, -0.2) is 5.11 Å². The minimum atomic E-state index is -0.651. The van der Waals surface area contributed by atoms with Crippen LogP contribution in [0, 0.1) is 18.6 Å². The van der Waals surface area contributed by atoms with Crippen molar-refractivity contribution in [1.82, 2.24) is 0 Å². The second kappa shape index (κ2) is 10.1. The zero-order valence-corrected chi connectivity index (χ0v) is 18.0. The normalized spacial score (nSPS) is 12.2.